The van der Waals surface area contributed by atoms with Crippen molar-refractivity contribution >= 4 is 17.6 Å². The van der Waals surface area contributed by atoms with Gasteiger partial charge in [-0.1, -0.05) is 17.7 Å². The molecule has 0 bridgehead atoms. The molecular weight excluding hydrogens is 364 g/mol. The fraction of sp³-hybridized carbons (Fsp3) is 0.167. The average Bonchev–Trinajstić information content (AvgIpc) is 2.88. The first-order valence-electron chi connectivity index (χ1n) is 7.66. The Morgan fingerprint density at radius 2 is 2.04 bits per heavy atom. The number of carbonyl (C=O) groups is 1. The smallest absolute Gasteiger partial charge is 0.342 e. The van der Waals surface area contributed by atoms with Crippen LogP contribution in [0.3, 0.4) is 0 Å². The quantitative estimate of drug-likeness (QED) is 0.505. The van der Waals surface area contributed by atoms with E-state index < -0.39 is 17.6 Å². The Hall–Kier alpha value is -2.80. The summed E-state index contributed by atoms with van der Waals surface area (Å²) in [5.74, 6) is -2.09. The van der Waals surface area contributed by atoms with E-state index in [-0.39, 0.29) is 23.0 Å². The normalized spacial score (nSPS) is 10.8. The van der Waals surface area contributed by atoms with Crippen LogP contribution in [0.1, 0.15) is 27.3 Å². The van der Waals surface area contributed by atoms with E-state index >= 15 is 0 Å². The van der Waals surface area contributed by atoms with Crippen LogP contribution >= 0.6 is 11.6 Å². The molecule has 1 aromatic carbocycles. The van der Waals surface area contributed by atoms with Gasteiger partial charge in [-0.25, -0.2) is 23.2 Å². The lowest BCUT2D eigenvalue weighted by atomic mass is 10.2. The first-order chi connectivity index (χ1) is 12.4. The van der Waals surface area contributed by atoms with E-state index in [1.807, 2.05) is 0 Å². The number of rotatable bonds is 4. The van der Waals surface area contributed by atoms with Gasteiger partial charge in [0.2, 0.25) is 0 Å². The summed E-state index contributed by atoms with van der Waals surface area (Å²) in [5.41, 5.74) is 1.58. The molecule has 0 unspecified atom stereocenters. The van der Waals surface area contributed by atoms with Gasteiger partial charge in [-0.3, -0.25) is 0 Å². The molecule has 3 rings (SSSR count). The molecule has 5 nitrogen and oxygen atoms in total. The van der Waals surface area contributed by atoms with Gasteiger partial charge in [-0.2, -0.15) is 5.10 Å². The van der Waals surface area contributed by atoms with Crippen LogP contribution in [0.2, 0.25) is 5.15 Å². The molecule has 0 saturated heterocycles. The summed E-state index contributed by atoms with van der Waals surface area (Å²) in [7, 11) is 0. The van der Waals surface area contributed by atoms with E-state index in [2.05, 4.69) is 10.1 Å². The molecule has 26 heavy (non-hydrogen) atoms. The molecule has 0 amide bonds. The summed E-state index contributed by atoms with van der Waals surface area (Å²) in [4.78, 5) is 16.4. The van der Waals surface area contributed by atoms with Crippen LogP contribution in [0.25, 0.3) is 5.69 Å². The number of hydrogen-bond acceptors (Lipinski definition) is 4. The minimum atomic E-state index is -0.780. The standard InChI is InChI=1S/C18H14ClF2N3O2/c1-10-16(18(25)26-9-12-4-3-7-22-17(12)19)11(2)24(23-10)15-6-5-13(20)8-14(15)21/h3-8H,9H2,1-2H3. The number of ether oxygens (including phenoxy) is 1. The van der Waals surface area contributed by atoms with Gasteiger partial charge in [0.15, 0.2) is 5.82 Å². The summed E-state index contributed by atoms with van der Waals surface area (Å²) in [6, 6.07) is 6.51. The van der Waals surface area contributed by atoms with Gasteiger partial charge in [0.25, 0.3) is 0 Å². The Balaban J connectivity index is 1.88. The van der Waals surface area contributed by atoms with Crippen LogP contribution in [-0.4, -0.2) is 20.7 Å². The molecule has 0 atom stereocenters. The number of halogens is 3. The first-order valence-corrected chi connectivity index (χ1v) is 8.04. The molecule has 0 radical (unpaired) electrons. The van der Waals surface area contributed by atoms with Crippen molar-refractivity contribution < 1.29 is 18.3 Å². The Morgan fingerprint density at radius 1 is 1.27 bits per heavy atom. The summed E-state index contributed by atoms with van der Waals surface area (Å²) >= 11 is 5.94. The highest BCUT2D eigenvalue weighted by Gasteiger charge is 2.22. The zero-order valence-electron chi connectivity index (χ0n) is 14.0. The van der Waals surface area contributed by atoms with Crippen molar-refractivity contribution in [3.05, 3.63) is 75.8 Å². The van der Waals surface area contributed by atoms with Crippen molar-refractivity contribution in [2.24, 2.45) is 0 Å². The number of aromatic nitrogens is 3. The summed E-state index contributed by atoms with van der Waals surface area (Å²) < 4.78 is 33.7. The number of aryl methyl sites for hydroxylation is 1. The van der Waals surface area contributed by atoms with Crippen molar-refractivity contribution in [2.45, 2.75) is 20.5 Å². The van der Waals surface area contributed by atoms with Gasteiger partial charge >= 0.3 is 5.97 Å². The van der Waals surface area contributed by atoms with E-state index in [4.69, 9.17) is 16.3 Å². The molecule has 0 N–H and O–H groups in total. The number of pyridine rings is 1. The predicted molar refractivity (Wildman–Crippen MR) is 91.3 cm³/mol. The van der Waals surface area contributed by atoms with Crippen molar-refractivity contribution in [2.75, 3.05) is 0 Å². The second kappa shape index (κ2) is 7.21. The molecule has 2 aromatic heterocycles. The van der Waals surface area contributed by atoms with E-state index in [1.54, 1.807) is 26.0 Å². The molecule has 0 aliphatic carbocycles. The molecule has 0 aliphatic rings. The lowest BCUT2D eigenvalue weighted by Gasteiger charge is -2.08. The Labute approximate surface area is 153 Å². The summed E-state index contributed by atoms with van der Waals surface area (Å²) in [6.07, 6.45) is 1.53. The van der Waals surface area contributed by atoms with Crippen LogP contribution in [0.15, 0.2) is 36.5 Å². The van der Waals surface area contributed by atoms with E-state index in [9.17, 15) is 13.6 Å². The summed E-state index contributed by atoms with van der Waals surface area (Å²) in [5, 5.41) is 4.43. The monoisotopic (exact) mass is 377 g/mol. The minimum Gasteiger partial charge on any atom is -0.457 e. The maximum Gasteiger partial charge on any atom is 0.342 e. The minimum absolute atomic E-state index is 0.0429. The molecular formula is C18H14ClF2N3O2. The van der Waals surface area contributed by atoms with Gasteiger partial charge in [-0.15, -0.1) is 0 Å². The SMILES string of the molecule is Cc1nn(-c2ccc(F)cc2F)c(C)c1C(=O)OCc1cccnc1Cl. The summed E-state index contributed by atoms with van der Waals surface area (Å²) in [6.45, 7) is 3.16. The highest BCUT2D eigenvalue weighted by Crippen LogP contribution is 2.22. The molecule has 0 fully saturated rings. The second-order valence-electron chi connectivity index (χ2n) is 5.58. The third-order valence-corrected chi connectivity index (χ3v) is 4.17. The number of hydrogen-bond donors (Lipinski definition) is 0. The molecule has 8 heteroatoms. The van der Waals surface area contributed by atoms with Crippen LogP contribution < -0.4 is 0 Å². The van der Waals surface area contributed by atoms with E-state index in [0.29, 0.717) is 17.0 Å². The zero-order chi connectivity index (χ0) is 18.8. The fourth-order valence-electron chi connectivity index (χ4n) is 2.57. The highest BCUT2D eigenvalue weighted by atomic mass is 35.5. The molecule has 3 aromatic rings. The van der Waals surface area contributed by atoms with Gasteiger partial charge in [0.05, 0.1) is 11.4 Å². The number of carbonyl (C=O) groups excluding carboxylic acids is 1. The number of esters is 1. The average molecular weight is 378 g/mol. The topological polar surface area (TPSA) is 57.0 Å². The van der Waals surface area contributed by atoms with Gasteiger partial charge in [0, 0.05) is 17.8 Å². The maximum atomic E-state index is 14.0. The Morgan fingerprint density at radius 3 is 2.73 bits per heavy atom. The van der Waals surface area contributed by atoms with Gasteiger partial charge < -0.3 is 4.74 Å². The van der Waals surface area contributed by atoms with Crippen LogP contribution in [0, 0.1) is 25.5 Å². The van der Waals surface area contributed by atoms with Crippen LogP contribution in [0.5, 0.6) is 0 Å². The van der Waals surface area contributed by atoms with Crippen molar-refractivity contribution in [3.63, 3.8) is 0 Å². The molecule has 0 saturated carbocycles. The zero-order valence-corrected chi connectivity index (χ0v) is 14.7. The van der Waals surface area contributed by atoms with Gasteiger partial charge in [0.1, 0.15) is 28.8 Å². The maximum absolute atomic E-state index is 14.0. The lowest BCUT2D eigenvalue weighted by molar-refractivity contribution is 0.0471. The van der Waals surface area contributed by atoms with Crippen molar-refractivity contribution in [1.29, 1.82) is 0 Å². The Bertz CT molecular complexity index is 989. The fourth-order valence-corrected chi connectivity index (χ4v) is 2.74. The third kappa shape index (κ3) is 3.43. The molecule has 2 heterocycles. The molecule has 0 spiro atoms. The molecule has 134 valence electrons. The largest absolute Gasteiger partial charge is 0.457 e. The van der Waals surface area contributed by atoms with E-state index in [1.165, 1.54) is 16.9 Å². The van der Waals surface area contributed by atoms with Crippen molar-refractivity contribution in [1.82, 2.24) is 14.8 Å². The number of benzene rings is 1. The van der Waals surface area contributed by atoms with Crippen LogP contribution in [0.4, 0.5) is 8.78 Å². The Kier molecular flexibility index (Phi) is 4.99. The highest BCUT2D eigenvalue weighted by molar-refractivity contribution is 6.30. The van der Waals surface area contributed by atoms with Gasteiger partial charge in [-0.05, 0) is 32.0 Å². The number of nitrogens with zero attached hydrogens (tertiary/aromatic N) is 3. The molecule has 0 aliphatic heterocycles. The third-order valence-electron chi connectivity index (χ3n) is 3.83. The first kappa shape index (κ1) is 18.0. The van der Waals surface area contributed by atoms with E-state index in [0.717, 1.165) is 12.1 Å². The predicted octanol–water partition coefficient (Wildman–Crippen LogP) is 4.17. The van der Waals surface area contributed by atoms with Crippen LogP contribution in [-0.2, 0) is 11.3 Å². The van der Waals surface area contributed by atoms with Crippen molar-refractivity contribution in [3.8, 4) is 5.69 Å². The lowest BCUT2D eigenvalue weighted by Crippen LogP contribution is -2.09. The second-order valence-corrected chi connectivity index (χ2v) is 5.94.